The summed E-state index contributed by atoms with van der Waals surface area (Å²) in [6.45, 7) is 0.374. The molecule has 0 unspecified atom stereocenters. The molecule has 0 aliphatic carbocycles. The lowest BCUT2D eigenvalue weighted by Crippen LogP contribution is -2.25. The highest BCUT2D eigenvalue weighted by Gasteiger charge is 2.10. The zero-order chi connectivity index (χ0) is 20.9. The first-order chi connectivity index (χ1) is 13.8. The molecule has 1 heterocycles. The summed E-state index contributed by atoms with van der Waals surface area (Å²) in [5.41, 5.74) is 1.84. The molecule has 150 valence electrons. The van der Waals surface area contributed by atoms with Gasteiger partial charge in [-0.25, -0.2) is 13.6 Å². The van der Waals surface area contributed by atoms with Gasteiger partial charge in [0, 0.05) is 17.8 Å². The second-order valence-electron chi connectivity index (χ2n) is 6.21. The third-order valence-corrected chi connectivity index (χ3v) is 5.88. The molecule has 3 aromatic rings. The van der Waals surface area contributed by atoms with E-state index in [4.69, 9.17) is 5.14 Å². The van der Waals surface area contributed by atoms with Gasteiger partial charge in [0.05, 0.1) is 9.77 Å². The molecule has 29 heavy (non-hydrogen) atoms. The molecule has 2 aromatic carbocycles. The number of nitrogens with one attached hydrogen (secondary N) is 2. The van der Waals surface area contributed by atoms with Crippen molar-refractivity contribution >= 4 is 38.9 Å². The Hall–Kier alpha value is -3.01. The van der Waals surface area contributed by atoms with Gasteiger partial charge in [-0.2, -0.15) is 0 Å². The first-order valence-corrected chi connectivity index (χ1v) is 11.1. The Morgan fingerprint density at radius 1 is 0.966 bits per heavy atom. The summed E-state index contributed by atoms with van der Waals surface area (Å²) in [7, 11) is -3.72. The number of sulfonamides is 1. The fourth-order valence-electron chi connectivity index (χ4n) is 2.61. The summed E-state index contributed by atoms with van der Waals surface area (Å²) >= 11 is 1.34. The molecule has 0 aliphatic rings. The van der Waals surface area contributed by atoms with E-state index in [-0.39, 0.29) is 16.7 Å². The SMILES string of the molecule is NS(=O)(=O)c1ccc(CCNC(=O)c2cccc(NC(=O)c3cccs3)c2)cc1. The largest absolute Gasteiger partial charge is 0.352 e. The molecule has 0 saturated carbocycles. The van der Waals surface area contributed by atoms with Crippen LogP contribution >= 0.6 is 11.3 Å². The third kappa shape index (κ3) is 5.74. The molecular formula is C20H19N3O4S2. The summed E-state index contributed by atoms with van der Waals surface area (Å²) in [5.74, 6) is -0.487. The Bertz CT molecular complexity index is 1110. The van der Waals surface area contributed by atoms with Crippen molar-refractivity contribution in [2.24, 2.45) is 5.14 Å². The zero-order valence-corrected chi connectivity index (χ0v) is 16.9. The summed E-state index contributed by atoms with van der Waals surface area (Å²) in [6, 6.07) is 16.4. The highest BCUT2D eigenvalue weighted by molar-refractivity contribution is 7.89. The molecule has 9 heteroatoms. The van der Waals surface area contributed by atoms with Crippen LogP contribution < -0.4 is 15.8 Å². The molecule has 4 N–H and O–H groups in total. The molecule has 0 atom stereocenters. The number of thiophene rings is 1. The van der Waals surface area contributed by atoms with Crippen LogP contribution in [0.5, 0.6) is 0 Å². The number of anilines is 1. The van der Waals surface area contributed by atoms with Crippen molar-refractivity contribution in [1.29, 1.82) is 0 Å². The average Bonchev–Trinajstić information content (AvgIpc) is 3.23. The number of carbonyl (C=O) groups excluding carboxylic acids is 2. The molecule has 0 bridgehead atoms. The first kappa shape index (κ1) is 20.7. The average molecular weight is 430 g/mol. The predicted octanol–water partition coefficient (Wildman–Crippen LogP) is 2.62. The van der Waals surface area contributed by atoms with Gasteiger partial charge in [-0.05, 0) is 53.8 Å². The van der Waals surface area contributed by atoms with Crippen LogP contribution in [0.1, 0.15) is 25.6 Å². The van der Waals surface area contributed by atoms with E-state index in [1.54, 1.807) is 48.5 Å². The molecule has 2 amide bonds. The maximum Gasteiger partial charge on any atom is 0.265 e. The van der Waals surface area contributed by atoms with Crippen LogP contribution in [-0.2, 0) is 16.4 Å². The number of nitrogens with two attached hydrogens (primary N) is 1. The number of hydrogen-bond acceptors (Lipinski definition) is 5. The van der Waals surface area contributed by atoms with Gasteiger partial charge in [-0.1, -0.05) is 24.3 Å². The second-order valence-corrected chi connectivity index (χ2v) is 8.72. The van der Waals surface area contributed by atoms with Gasteiger partial charge in [0.15, 0.2) is 0 Å². The fourth-order valence-corrected chi connectivity index (χ4v) is 3.74. The van der Waals surface area contributed by atoms with Gasteiger partial charge in [0.2, 0.25) is 10.0 Å². The summed E-state index contributed by atoms with van der Waals surface area (Å²) in [6.07, 6.45) is 0.533. The smallest absolute Gasteiger partial charge is 0.265 e. The lowest BCUT2D eigenvalue weighted by atomic mass is 10.1. The quantitative estimate of drug-likeness (QED) is 0.535. The minimum Gasteiger partial charge on any atom is -0.352 e. The maximum absolute atomic E-state index is 12.4. The Balaban J connectivity index is 1.55. The minimum atomic E-state index is -3.72. The monoisotopic (exact) mass is 429 g/mol. The molecule has 3 rings (SSSR count). The highest BCUT2D eigenvalue weighted by atomic mass is 32.2. The van der Waals surface area contributed by atoms with Gasteiger partial charge < -0.3 is 10.6 Å². The van der Waals surface area contributed by atoms with Crippen LogP contribution in [-0.4, -0.2) is 26.8 Å². The maximum atomic E-state index is 12.4. The van der Waals surface area contributed by atoms with Crippen molar-refractivity contribution in [2.75, 3.05) is 11.9 Å². The van der Waals surface area contributed by atoms with E-state index in [0.29, 0.717) is 29.1 Å². The highest BCUT2D eigenvalue weighted by Crippen LogP contribution is 2.15. The molecule has 1 aromatic heterocycles. The normalized spacial score (nSPS) is 11.1. The van der Waals surface area contributed by atoms with Gasteiger partial charge in [0.25, 0.3) is 11.8 Å². The van der Waals surface area contributed by atoms with E-state index < -0.39 is 10.0 Å². The van der Waals surface area contributed by atoms with Crippen LogP contribution in [0.2, 0.25) is 0 Å². The Labute approximate surface area is 172 Å². The minimum absolute atomic E-state index is 0.0479. The van der Waals surface area contributed by atoms with Crippen LogP contribution in [0, 0.1) is 0 Å². The Morgan fingerprint density at radius 3 is 2.38 bits per heavy atom. The van der Waals surface area contributed by atoms with Gasteiger partial charge in [0.1, 0.15) is 0 Å². The van der Waals surface area contributed by atoms with Crippen LogP contribution in [0.25, 0.3) is 0 Å². The van der Waals surface area contributed by atoms with E-state index in [9.17, 15) is 18.0 Å². The number of hydrogen-bond donors (Lipinski definition) is 3. The van der Waals surface area contributed by atoms with Gasteiger partial charge >= 0.3 is 0 Å². The summed E-state index contributed by atoms with van der Waals surface area (Å²) in [4.78, 5) is 25.1. The van der Waals surface area contributed by atoms with E-state index in [0.717, 1.165) is 5.56 Å². The fraction of sp³-hybridized carbons (Fsp3) is 0.100. The number of carbonyl (C=O) groups is 2. The summed E-state index contributed by atoms with van der Waals surface area (Å²) in [5, 5.41) is 12.5. The standard InChI is InChI=1S/C20H19N3O4S2/c21-29(26,27)17-8-6-14(7-9-17)10-11-22-19(24)15-3-1-4-16(13-15)23-20(25)18-5-2-12-28-18/h1-9,12-13H,10-11H2,(H,22,24)(H,23,25)(H2,21,26,27). The Morgan fingerprint density at radius 2 is 1.72 bits per heavy atom. The van der Waals surface area contributed by atoms with E-state index in [1.165, 1.54) is 23.5 Å². The molecule has 0 aliphatic heterocycles. The number of benzene rings is 2. The molecule has 0 spiro atoms. The summed E-state index contributed by atoms with van der Waals surface area (Å²) < 4.78 is 22.5. The van der Waals surface area contributed by atoms with Crippen molar-refractivity contribution in [3.63, 3.8) is 0 Å². The lowest BCUT2D eigenvalue weighted by molar-refractivity contribution is 0.0952. The van der Waals surface area contributed by atoms with Gasteiger partial charge in [-0.15, -0.1) is 11.3 Å². The second kappa shape index (κ2) is 8.99. The number of amides is 2. The molecule has 0 fully saturated rings. The van der Waals surface area contributed by atoms with Crippen molar-refractivity contribution in [3.05, 3.63) is 82.0 Å². The molecule has 7 nitrogen and oxygen atoms in total. The Kier molecular flexibility index (Phi) is 6.42. The van der Waals surface area contributed by atoms with Crippen molar-refractivity contribution in [2.45, 2.75) is 11.3 Å². The van der Waals surface area contributed by atoms with Crippen molar-refractivity contribution < 1.29 is 18.0 Å². The molecule has 0 saturated heterocycles. The van der Waals surface area contributed by atoms with E-state index in [1.807, 2.05) is 5.38 Å². The predicted molar refractivity (Wildman–Crippen MR) is 113 cm³/mol. The molecular weight excluding hydrogens is 410 g/mol. The van der Waals surface area contributed by atoms with Gasteiger partial charge in [-0.3, -0.25) is 9.59 Å². The van der Waals surface area contributed by atoms with Crippen LogP contribution in [0.15, 0.2) is 70.9 Å². The zero-order valence-electron chi connectivity index (χ0n) is 15.3. The van der Waals surface area contributed by atoms with Crippen LogP contribution in [0.4, 0.5) is 5.69 Å². The topological polar surface area (TPSA) is 118 Å². The number of primary sulfonamides is 1. The van der Waals surface area contributed by atoms with E-state index >= 15 is 0 Å². The first-order valence-electron chi connectivity index (χ1n) is 8.68. The number of rotatable bonds is 7. The molecule has 0 radical (unpaired) electrons. The van der Waals surface area contributed by atoms with E-state index in [2.05, 4.69) is 10.6 Å². The lowest BCUT2D eigenvalue weighted by Gasteiger charge is -2.08. The van der Waals surface area contributed by atoms with Crippen molar-refractivity contribution in [3.8, 4) is 0 Å². The van der Waals surface area contributed by atoms with Crippen LogP contribution in [0.3, 0.4) is 0 Å². The third-order valence-electron chi connectivity index (χ3n) is 4.08. The van der Waals surface area contributed by atoms with Crippen molar-refractivity contribution in [1.82, 2.24) is 5.32 Å².